The quantitative estimate of drug-likeness (QED) is 0.714. The van der Waals surface area contributed by atoms with Crippen LogP contribution in [0.15, 0.2) is 18.2 Å². The van der Waals surface area contributed by atoms with Crippen molar-refractivity contribution in [3.63, 3.8) is 0 Å². The average molecular weight is 187 g/mol. The minimum absolute atomic E-state index is 0.0798. The molecule has 0 saturated carbocycles. The maximum atomic E-state index is 12.9. The van der Waals surface area contributed by atoms with Gasteiger partial charge in [0.1, 0.15) is 5.82 Å². The van der Waals surface area contributed by atoms with Crippen LogP contribution in [0.5, 0.6) is 0 Å². The van der Waals surface area contributed by atoms with E-state index in [2.05, 4.69) is 7.05 Å². The van der Waals surface area contributed by atoms with Crippen molar-refractivity contribution in [2.24, 2.45) is 0 Å². The molecule has 0 aromatic heterocycles. The Morgan fingerprint density at radius 2 is 2.25 bits per heavy atom. The maximum Gasteiger partial charge on any atom is 0.255 e. The lowest BCUT2D eigenvalue weighted by Gasteiger charge is -2.02. The molecule has 0 unspecified atom stereocenters. The van der Waals surface area contributed by atoms with Gasteiger partial charge in [0.05, 0.1) is 10.6 Å². The molecule has 0 atom stereocenters. The van der Waals surface area contributed by atoms with Crippen molar-refractivity contribution in [2.75, 3.05) is 0 Å². The average Bonchev–Trinajstić information content (AvgIpc) is 2.03. The molecule has 0 bridgehead atoms. The Hall–Kier alpha value is -1.09. The topological polar surface area (TPSA) is 29.1 Å². The van der Waals surface area contributed by atoms with Gasteiger partial charge >= 0.3 is 0 Å². The summed E-state index contributed by atoms with van der Waals surface area (Å²) in [5.41, 5.74) is -0.172. The number of benzene rings is 1. The summed E-state index contributed by atoms with van der Waals surface area (Å²) in [4.78, 5) is 11.0. The molecule has 2 nitrogen and oxygen atoms in total. The van der Waals surface area contributed by atoms with E-state index >= 15 is 0 Å². The molecule has 1 aromatic rings. The zero-order chi connectivity index (χ0) is 9.14. The normalized spacial score (nSPS) is 9.58. The van der Waals surface area contributed by atoms with Crippen LogP contribution in [0.25, 0.3) is 0 Å². The van der Waals surface area contributed by atoms with Crippen molar-refractivity contribution in [1.29, 1.82) is 0 Å². The van der Waals surface area contributed by atoms with Crippen molar-refractivity contribution in [3.05, 3.63) is 41.7 Å². The Balaban J connectivity index is 3.21. The van der Waals surface area contributed by atoms with E-state index in [1.54, 1.807) is 0 Å². The summed E-state index contributed by atoms with van der Waals surface area (Å²) < 4.78 is 12.9. The number of hydrogen-bond acceptors (Lipinski definition) is 1. The van der Waals surface area contributed by atoms with Gasteiger partial charge in [-0.3, -0.25) is 4.79 Å². The predicted octanol–water partition coefficient (Wildman–Crippen LogP) is 2.00. The van der Waals surface area contributed by atoms with Crippen LogP contribution in [-0.2, 0) is 0 Å². The number of nitrogens with one attached hydrogen (secondary N) is 1. The van der Waals surface area contributed by atoms with E-state index in [-0.39, 0.29) is 10.6 Å². The monoisotopic (exact) mass is 186 g/mol. The van der Waals surface area contributed by atoms with E-state index in [1.807, 2.05) is 5.32 Å². The highest BCUT2D eigenvalue weighted by Crippen LogP contribution is 2.18. The van der Waals surface area contributed by atoms with Gasteiger partial charge < -0.3 is 5.32 Å². The van der Waals surface area contributed by atoms with Crippen LogP contribution in [0.1, 0.15) is 10.4 Å². The van der Waals surface area contributed by atoms with Gasteiger partial charge in [0.15, 0.2) is 0 Å². The smallest absolute Gasteiger partial charge is 0.255 e. The predicted molar refractivity (Wildman–Crippen MR) is 44.2 cm³/mol. The molecular weight excluding hydrogens is 181 g/mol. The van der Waals surface area contributed by atoms with Gasteiger partial charge in [-0.25, -0.2) is 4.39 Å². The Kier molecular flexibility index (Phi) is 2.65. The Morgan fingerprint density at radius 3 is 2.75 bits per heavy atom. The highest BCUT2D eigenvalue weighted by molar-refractivity contribution is 6.33. The molecule has 1 radical (unpaired) electrons. The van der Waals surface area contributed by atoms with E-state index in [0.717, 1.165) is 6.07 Å². The highest BCUT2D eigenvalue weighted by Gasteiger charge is 2.13. The zero-order valence-corrected chi connectivity index (χ0v) is 6.86. The molecule has 1 amide bonds. The van der Waals surface area contributed by atoms with E-state index in [9.17, 15) is 9.18 Å². The zero-order valence-electron chi connectivity index (χ0n) is 6.10. The number of carbonyl (C=O) groups excluding carboxylic acids is 1. The fourth-order valence-electron chi connectivity index (χ4n) is 0.803. The van der Waals surface area contributed by atoms with Crippen LogP contribution in [0.3, 0.4) is 0 Å². The van der Waals surface area contributed by atoms with Crippen LogP contribution in [0.2, 0.25) is 5.02 Å². The van der Waals surface area contributed by atoms with Gasteiger partial charge in [-0.15, -0.1) is 0 Å². The highest BCUT2D eigenvalue weighted by atomic mass is 35.5. The summed E-state index contributed by atoms with van der Waals surface area (Å²) in [5, 5.41) is 2.13. The lowest BCUT2D eigenvalue weighted by atomic mass is 10.2. The first-order valence-electron chi connectivity index (χ1n) is 3.18. The summed E-state index contributed by atoms with van der Waals surface area (Å²) >= 11 is 5.57. The van der Waals surface area contributed by atoms with E-state index < -0.39 is 11.7 Å². The minimum atomic E-state index is -0.649. The largest absolute Gasteiger partial charge is 0.350 e. The third-order valence-corrected chi connectivity index (χ3v) is 1.67. The summed E-state index contributed by atoms with van der Waals surface area (Å²) in [6, 6.07) is 4.03. The van der Waals surface area contributed by atoms with Crippen molar-refractivity contribution in [3.8, 4) is 0 Å². The van der Waals surface area contributed by atoms with Crippen LogP contribution in [-0.4, -0.2) is 5.91 Å². The van der Waals surface area contributed by atoms with E-state index in [4.69, 9.17) is 11.6 Å². The maximum absolute atomic E-state index is 12.9. The third-order valence-electron chi connectivity index (χ3n) is 1.35. The van der Waals surface area contributed by atoms with Gasteiger partial charge in [-0.2, -0.15) is 0 Å². The number of rotatable bonds is 1. The fourth-order valence-corrected chi connectivity index (χ4v) is 1.05. The molecular formula is C8H6ClFNO. The van der Waals surface area contributed by atoms with Crippen molar-refractivity contribution in [1.82, 2.24) is 5.32 Å². The van der Waals surface area contributed by atoms with Gasteiger partial charge in [-0.05, 0) is 12.1 Å². The summed E-state index contributed by atoms with van der Waals surface area (Å²) in [6.07, 6.45) is 0. The summed E-state index contributed by atoms with van der Waals surface area (Å²) in [7, 11) is 3.12. The van der Waals surface area contributed by atoms with Crippen LogP contribution < -0.4 is 5.32 Å². The summed E-state index contributed by atoms with van der Waals surface area (Å²) in [6.45, 7) is 0. The molecule has 63 valence electrons. The van der Waals surface area contributed by atoms with Gasteiger partial charge in [0, 0.05) is 7.05 Å². The number of hydrogen-bond donors (Lipinski definition) is 1. The first kappa shape index (κ1) is 9.00. The molecule has 1 aromatic carbocycles. The van der Waals surface area contributed by atoms with Gasteiger partial charge in [0.25, 0.3) is 5.91 Å². The van der Waals surface area contributed by atoms with E-state index in [0.29, 0.717) is 0 Å². The van der Waals surface area contributed by atoms with Crippen molar-refractivity contribution < 1.29 is 9.18 Å². The molecule has 0 aliphatic carbocycles. The molecule has 1 N–H and O–H groups in total. The second-order valence-electron chi connectivity index (χ2n) is 2.10. The van der Waals surface area contributed by atoms with Gasteiger partial charge in [0.2, 0.25) is 0 Å². The molecule has 0 aliphatic heterocycles. The Bertz CT molecular complexity index is 294. The molecule has 0 spiro atoms. The van der Waals surface area contributed by atoms with Crippen molar-refractivity contribution >= 4 is 17.5 Å². The molecule has 4 heteroatoms. The Morgan fingerprint density at radius 1 is 1.58 bits per heavy atom. The first-order valence-corrected chi connectivity index (χ1v) is 3.56. The first-order chi connectivity index (χ1) is 5.66. The SMILES string of the molecule is [CH2]NC(=O)c1c(F)cccc1Cl. The van der Waals surface area contributed by atoms with Gasteiger partial charge in [-0.1, -0.05) is 17.7 Å². The van der Waals surface area contributed by atoms with Crippen LogP contribution >= 0.6 is 11.6 Å². The molecule has 0 saturated heterocycles. The molecule has 1 rings (SSSR count). The third kappa shape index (κ3) is 1.56. The molecule has 12 heavy (non-hydrogen) atoms. The van der Waals surface area contributed by atoms with Crippen LogP contribution in [0.4, 0.5) is 4.39 Å². The Labute approximate surface area is 74.3 Å². The molecule has 0 fully saturated rings. The number of amides is 1. The summed E-state index contributed by atoms with van der Waals surface area (Å²) in [5.74, 6) is -1.28. The lowest BCUT2D eigenvalue weighted by Crippen LogP contribution is -2.17. The van der Waals surface area contributed by atoms with E-state index in [1.165, 1.54) is 12.1 Å². The van der Waals surface area contributed by atoms with Crippen LogP contribution in [0, 0.1) is 12.9 Å². The second kappa shape index (κ2) is 3.54. The standard InChI is InChI=1S/C8H6ClFNO/c1-11-8(12)7-5(9)3-2-4-6(7)10/h2-4H,1H2,(H,11,12). The number of carbonyl (C=O) groups is 1. The minimum Gasteiger partial charge on any atom is -0.350 e. The fraction of sp³-hybridized carbons (Fsp3) is 0. The lowest BCUT2D eigenvalue weighted by molar-refractivity contribution is 0.0965. The van der Waals surface area contributed by atoms with Crippen molar-refractivity contribution in [2.45, 2.75) is 0 Å². The molecule has 0 heterocycles. The second-order valence-corrected chi connectivity index (χ2v) is 2.51. The number of halogens is 2. The molecule has 0 aliphatic rings.